The van der Waals surface area contributed by atoms with Gasteiger partial charge in [-0.3, -0.25) is 0 Å². The standard InChI is InChI=1S/C52H31N/c1-3-21-41-35(16-1)36-17-2-4-22-42(36)50-49(41)43-23-8-12-27-48(43)53-51(50)34-15-13-14-32(30-34)33-28-29-40-39-20-7-11-26-46(39)52(47(40)31-33)44-24-9-5-18-37(44)38-19-6-10-25-45(38)52/h1-31H. The molecule has 12 rings (SSSR count). The van der Waals surface area contributed by atoms with Gasteiger partial charge in [0, 0.05) is 21.7 Å². The van der Waals surface area contributed by atoms with Crippen molar-refractivity contribution in [2.24, 2.45) is 0 Å². The molecule has 0 atom stereocenters. The lowest BCUT2D eigenvalue weighted by Crippen LogP contribution is -2.25. The monoisotopic (exact) mass is 669 g/mol. The smallest absolute Gasteiger partial charge is 0.0794 e. The Balaban J connectivity index is 1.12. The highest BCUT2D eigenvalue weighted by Gasteiger charge is 2.51. The number of hydrogen-bond acceptors (Lipinski definition) is 1. The van der Waals surface area contributed by atoms with E-state index in [1.165, 1.54) is 93.3 Å². The molecule has 53 heavy (non-hydrogen) atoms. The highest BCUT2D eigenvalue weighted by molar-refractivity contribution is 6.33. The Kier molecular flexibility index (Phi) is 5.77. The summed E-state index contributed by atoms with van der Waals surface area (Å²) in [4.78, 5) is 5.46. The summed E-state index contributed by atoms with van der Waals surface area (Å²) in [6, 6.07) is 69.5. The molecule has 0 aliphatic heterocycles. The molecule has 1 heterocycles. The van der Waals surface area contributed by atoms with Gasteiger partial charge in [-0.05, 0) is 95.4 Å². The molecule has 0 radical (unpaired) electrons. The van der Waals surface area contributed by atoms with Gasteiger partial charge in [0.15, 0.2) is 0 Å². The van der Waals surface area contributed by atoms with Crippen molar-refractivity contribution in [1.29, 1.82) is 0 Å². The van der Waals surface area contributed by atoms with Crippen LogP contribution >= 0.6 is 0 Å². The van der Waals surface area contributed by atoms with Crippen LogP contribution in [0.25, 0.3) is 87.9 Å². The molecule has 2 aliphatic rings. The molecular weight excluding hydrogens is 639 g/mol. The number of fused-ring (bicyclic) bond motifs is 18. The van der Waals surface area contributed by atoms with E-state index < -0.39 is 0 Å². The fourth-order valence-corrected chi connectivity index (χ4v) is 9.96. The fourth-order valence-electron chi connectivity index (χ4n) is 9.96. The number of nitrogens with zero attached hydrogens (tertiary/aromatic N) is 1. The van der Waals surface area contributed by atoms with E-state index in [9.17, 15) is 0 Å². The molecule has 0 fully saturated rings. The Morgan fingerprint density at radius 3 is 1.42 bits per heavy atom. The third kappa shape index (κ3) is 3.73. The van der Waals surface area contributed by atoms with Gasteiger partial charge in [-0.15, -0.1) is 0 Å². The van der Waals surface area contributed by atoms with Crippen molar-refractivity contribution < 1.29 is 0 Å². The minimum absolute atomic E-state index is 0.372. The van der Waals surface area contributed by atoms with Gasteiger partial charge in [-0.25, -0.2) is 4.98 Å². The van der Waals surface area contributed by atoms with Crippen LogP contribution in [-0.4, -0.2) is 4.98 Å². The predicted molar refractivity (Wildman–Crippen MR) is 221 cm³/mol. The summed E-state index contributed by atoms with van der Waals surface area (Å²) in [6.45, 7) is 0. The van der Waals surface area contributed by atoms with Crippen molar-refractivity contribution >= 4 is 43.2 Å². The van der Waals surface area contributed by atoms with Gasteiger partial charge in [0.25, 0.3) is 0 Å². The van der Waals surface area contributed by atoms with Crippen LogP contribution in [0.1, 0.15) is 22.3 Å². The molecule has 9 aromatic carbocycles. The van der Waals surface area contributed by atoms with E-state index in [4.69, 9.17) is 4.98 Å². The zero-order chi connectivity index (χ0) is 34.7. The van der Waals surface area contributed by atoms with Crippen LogP contribution in [0.4, 0.5) is 0 Å². The zero-order valence-corrected chi connectivity index (χ0v) is 28.8. The van der Waals surface area contributed by atoms with Gasteiger partial charge in [-0.1, -0.05) is 170 Å². The van der Waals surface area contributed by atoms with Crippen molar-refractivity contribution in [3.63, 3.8) is 0 Å². The molecule has 1 nitrogen and oxygen atoms in total. The van der Waals surface area contributed by atoms with Gasteiger partial charge in [0.05, 0.1) is 16.6 Å². The van der Waals surface area contributed by atoms with Crippen molar-refractivity contribution in [2.45, 2.75) is 5.41 Å². The molecule has 2 aliphatic carbocycles. The van der Waals surface area contributed by atoms with E-state index in [0.717, 1.165) is 16.8 Å². The third-order valence-corrected chi connectivity index (χ3v) is 12.0. The van der Waals surface area contributed by atoms with E-state index in [0.29, 0.717) is 0 Å². The maximum absolute atomic E-state index is 5.46. The lowest BCUT2D eigenvalue weighted by atomic mass is 9.70. The van der Waals surface area contributed by atoms with Crippen LogP contribution in [0.2, 0.25) is 0 Å². The lowest BCUT2D eigenvalue weighted by molar-refractivity contribution is 0.794. The molecule has 1 heteroatoms. The van der Waals surface area contributed by atoms with Gasteiger partial charge >= 0.3 is 0 Å². The third-order valence-electron chi connectivity index (χ3n) is 12.0. The topological polar surface area (TPSA) is 12.9 Å². The minimum Gasteiger partial charge on any atom is -0.247 e. The Morgan fingerprint density at radius 1 is 0.302 bits per heavy atom. The van der Waals surface area contributed by atoms with Crippen LogP contribution in [-0.2, 0) is 5.41 Å². The Bertz CT molecular complexity index is 3120. The summed E-state index contributed by atoms with van der Waals surface area (Å²) in [6.07, 6.45) is 0. The molecule has 0 saturated heterocycles. The first kappa shape index (κ1) is 28.8. The summed E-state index contributed by atoms with van der Waals surface area (Å²) in [5.41, 5.74) is 15.9. The van der Waals surface area contributed by atoms with E-state index in [2.05, 4.69) is 188 Å². The van der Waals surface area contributed by atoms with Crippen LogP contribution < -0.4 is 0 Å². The molecule has 0 bridgehead atoms. The number of benzene rings is 9. The predicted octanol–water partition coefficient (Wildman–Crippen LogP) is 13.4. The van der Waals surface area contributed by atoms with Crippen LogP contribution in [0.15, 0.2) is 188 Å². The first-order valence-electron chi connectivity index (χ1n) is 18.5. The number of hydrogen-bond donors (Lipinski definition) is 0. The van der Waals surface area contributed by atoms with E-state index >= 15 is 0 Å². The SMILES string of the molecule is c1cc(-c2ccc3c(c2)C2(c4ccccc4-c4ccccc42)c2ccccc2-3)cc(-c2nc3ccccc3c3c4ccccc4c4ccccc4c23)c1. The Morgan fingerprint density at radius 2 is 0.774 bits per heavy atom. The first-order chi connectivity index (χ1) is 26.3. The van der Waals surface area contributed by atoms with Crippen molar-refractivity contribution in [3.8, 4) is 44.6 Å². The summed E-state index contributed by atoms with van der Waals surface area (Å²) in [5, 5.41) is 8.68. The molecule has 1 spiro atoms. The van der Waals surface area contributed by atoms with Crippen molar-refractivity contribution in [1.82, 2.24) is 4.98 Å². The van der Waals surface area contributed by atoms with E-state index in [1.54, 1.807) is 0 Å². The highest BCUT2D eigenvalue weighted by atomic mass is 14.7. The first-order valence-corrected chi connectivity index (χ1v) is 18.5. The minimum atomic E-state index is -0.372. The molecule has 244 valence electrons. The highest BCUT2D eigenvalue weighted by Crippen LogP contribution is 2.63. The molecule has 0 amide bonds. The molecule has 0 unspecified atom stereocenters. The van der Waals surface area contributed by atoms with E-state index in [1.807, 2.05) is 0 Å². The summed E-state index contributed by atoms with van der Waals surface area (Å²) in [7, 11) is 0. The second kappa shape index (κ2) is 10.6. The number of para-hydroxylation sites is 1. The fraction of sp³-hybridized carbons (Fsp3) is 0.0192. The van der Waals surface area contributed by atoms with Gasteiger partial charge < -0.3 is 0 Å². The van der Waals surface area contributed by atoms with Crippen molar-refractivity contribution in [2.75, 3.05) is 0 Å². The second-order valence-electron chi connectivity index (χ2n) is 14.5. The van der Waals surface area contributed by atoms with Crippen LogP contribution in [0, 0.1) is 0 Å². The molecule has 0 N–H and O–H groups in total. The molecular formula is C52H31N. The largest absolute Gasteiger partial charge is 0.247 e. The van der Waals surface area contributed by atoms with Gasteiger partial charge in [0.2, 0.25) is 0 Å². The van der Waals surface area contributed by atoms with Crippen molar-refractivity contribution in [3.05, 3.63) is 210 Å². The molecule has 10 aromatic rings. The summed E-state index contributed by atoms with van der Waals surface area (Å²) >= 11 is 0. The normalized spacial score (nSPS) is 13.4. The number of pyridine rings is 1. The van der Waals surface area contributed by atoms with Gasteiger partial charge in [-0.2, -0.15) is 0 Å². The van der Waals surface area contributed by atoms with Gasteiger partial charge in [0.1, 0.15) is 0 Å². The maximum atomic E-state index is 5.46. The molecule has 0 saturated carbocycles. The van der Waals surface area contributed by atoms with Crippen LogP contribution in [0.5, 0.6) is 0 Å². The molecule has 1 aromatic heterocycles. The number of rotatable bonds is 2. The Labute approximate surface area is 307 Å². The van der Waals surface area contributed by atoms with E-state index in [-0.39, 0.29) is 5.41 Å². The summed E-state index contributed by atoms with van der Waals surface area (Å²) < 4.78 is 0. The quantitative estimate of drug-likeness (QED) is 0.167. The second-order valence-corrected chi connectivity index (χ2v) is 14.5. The lowest BCUT2D eigenvalue weighted by Gasteiger charge is -2.30. The summed E-state index contributed by atoms with van der Waals surface area (Å²) in [5.74, 6) is 0. The average Bonchev–Trinajstić information content (AvgIpc) is 3.70. The maximum Gasteiger partial charge on any atom is 0.0794 e. The zero-order valence-electron chi connectivity index (χ0n) is 28.8. The number of aromatic nitrogens is 1. The average molecular weight is 670 g/mol. The van der Waals surface area contributed by atoms with Crippen LogP contribution in [0.3, 0.4) is 0 Å². The Hall–Kier alpha value is -6.83.